The molecule has 0 aromatic heterocycles. The molecule has 3 rings (SSSR count). The highest BCUT2D eigenvalue weighted by molar-refractivity contribution is 14.1. The molecule has 50 valence electrons. The number of hydrogen-bond donors (Lipinski definition) is 0. The monoisotopic (exact) mass is 234 g/mol. The number of alkyl halides is 1. The summed E-state index contributed by atoms with van der Waals surface area (Å²) >= 11 is 2.69. The second-order valence-corrected chi connectivity index (χ2v) is 5.98. The van der Waals surface area contributed by atoms with E-state index in [4.69, 9.17) is 0 Å². The smallest absolute Gasteiger partial charge is 0.0293 e. The minimum Gasteiger partial charge on any atom is -0.0782 e. The molecule has 3 aliphatic rings. The highest BCUT2D eigenvalue weighted by Gasteiger charge is 2.93. The van der Waals surface area contributed by atoms with E-state index in [1.807, 2.05) is 0 Å². The summed E-state index contributed by atoms with van der Waals surface area (Å²) in [6.45, 7) is 2.34. The van der Waals surface area contributed by atoms with Gasteiger partial charge in [-0.05, 0) is 36.5 Å². The average molecular weight is 234 g/mol. The van der Waals surface area contributed by atoms with Gasteiger partial charge in [-0.25, -0.2) is 0 Å². The summed E-state index contributed by atoms with van der Waals surface area (Å²) in [5.74, 6) is 2.38. The number of rotatable bonds is 1. The third kappa shape index (κ3) is 0.369. The van der Waals surface area contributed by atoms with Gasteiger partial charge in [0.15, 0.2) is 0 Å². The van der Waals surface area contributed by atoms with Gasteiger partial charge in [-0.3, -0.25) is 0 Å². The van der Waals surface area contributed by atoms with Crippen LogP contribution in [0.5, 0.6) is 0 Å². The largest absolute Gasteiger partial charge is 0.0782 e. The molecule has 0 aromatic carbocycles. The van der Waals surface area contributed by atoms with Crippen molar-refractivity contribution in [3.8, 4) is 0 Å². The van der Waals surface area contributed by atoms with Crippen LogP contribution in [0.15, 0.2) is 0 Å². The van der Waals surface area contributed by atoms with Crippen molar-refractivity contribution in [3.05, 3.63) is 0 Å². The molecule has 0 amide bonds. The fourth-order valence-electron chi connectivity index (χ4n) is 2.97. The maximum Gasteiger partial charge on any atom is 0.0293 e. The Morgan fingerprint density at radius 1 is 1.44 bits per heavy atom. The van der Waals surface area contributed by atoms with Gasteiger partial charge in [0, 0.05) is 3.42 Å². The Morgan fingerprint density at radius 2 is 2.00 bits per heavy atom. The molecule has 9 heavy (non-hydrogen) atoms. The zero-order chi connectivity index (χ0) is 6.28. The zero-order valence-electron chi connectivity index (χ0n) is 5.65. The molecule has 2 unspecified atom stereocenters. The second-order valence-electron chi connectivity index (χ2n) is 3.97. The lowest BCUT2D eigenvalue weighted by molar-refractivity contribution is 0.505. The van der Waals surface area contributed by atoms with E-state index in [-0.39, 0.29) is 0 Å². The maximum atomic E-state index is 2.69. The summed E-state index contributed by atoms with van der Waals surface area (Å²) in [5.41, 5.74) is 0.983. The van der Waals surface area contributed by atoms with Crippen LogP contribution >= 0.6 is 22.6 Å². The number of halogens is 1. The van der Waals surface area contributed by atoms with Gasteiger partial charge < -0.3 is 0 Å². The SMILES string of the molecule is CCC1(I)C2C1C21CC1. The normalized spacial score (nSPS) is 63.3. The molecule has 0 aliphatic heterocycles. The fraction of sp³-hybridized carbons (Fsp3) is 1.00. The van der Waals surface area contributed by atoms with Gasteiger partial charge in [-0.1, -0.05) is 29.5 Å². The fourth-order valence-corrected chi connectivity index (χ4v) is 4.75. The standard InChI is InChI=1S/C8H11I/c1-2-8(9)5-6(8)7(5)3-4-7/h5-6H,2-4H2,1H3. The van der Waals surface area contributed by atoms with Gasteiger partial charge in [0.1, 0.15) is 0 Å². The van der Waals surface area contributed by atoms with Gasteiger partial charge in [-0.2, -0.15) is 0 Å². The third-order valence-electron chi connectivity index (χ3n) is 3.76. The first kappa shape index (κ1) is 5.39. The number of fused-ring (bicyclic) bond motifs is 3. The second kappa shape index (κ2) is 1.10. The molecule has 1 spiro atoms. The molecule has 3 aliphatic carbocycles. The lowest BCUT2D eigenvalue weighted by atomic mass is 10.0. The van der Waals surface area contributed by atoms with Gasteiger partial charge in [0.2, 0.25) is 0 Å². The van der Waals surface area contributed by atoms with Crippen LogP contribution in [0.4, 0.5) is 0 Å². The van der Waals surface area contributed by atoms with Crippen LogP contribution in [0.3, 0.4) is 0 Å². The first-order valence-corrected chi connectivity index (χ1v) is 5.02. The van der Waals surface area contributed by atoms with Gasteiger partial charge in [0.25, 0.3) is 0 Å². The van der Waals surface area contributed by atoms with Crippen molar-refractivity contribution in [1.82, 2.24) is 0 Å². The molecular formula is C8H11I. The lowest BCUT2D eigenvalue weighted by Gasteiger charge is -2.16. The Hall–Kier alpha value is 0.730. The van der Waals surface area contributed by atoms with Crippen molar-refractivity contribution in [2.75, 3.05) is 0 Å². The van der Waals surface area contributed by atoms with E-state index in [2.05, 4.69) is 29.5 Å². The zero-order valence-corrected chi connectivity index (χ0v) is 7.81. The topological polar surface area (TPSA) is 0 Å². The third-order valence-corrected chi connectivity index (χ3v) is 5.86. The summed E-state index contributed by atoms with van der Waals surface area (Å²) in [7, 11) is 0. The van der Waals surface area contributed by atoms with E-state index in [1.54, 1.807) is 12.8 Å². The van der Waals surface area contributed by atoms with Crippen LogP contribution < -0.4 is 0 Å². The van der Waals surface area contributed by atoms with Crippen molar-refractivity contribution in [2.45, 2.75) is 29.6 Å². The van der Waals surface area contributed by atoms with E-state index >= 15 is 0 Å². The first-order chi connectivity index (χ1) is 4.26. The van der Waals surface area contributed by atoms with E-state index in [1.165, 1.54) is 18.3 Å². The van der Waals surface area contributed by atoms with Crippen LogP contribution in [0, 0.1) is 17.3 Å². The first-order valence-electron chi connectivity index (χ1n) is 3.94. The van der Waals surface area contributed by atoms with Crippen molar-refractivity contribution in [3.63, 3.8) is 0 Å². The maximum absolute atomic E-state index is 2.69. The molecule has 0 heterocycles. The Morgan fingerprint density at radius 3 is 2.33 bits per heavy atom. The predicted molar refractivity (Wildman–Crippen MR) is 45.7 cm³/mol. The minimum absolute atomic E-state index is 0.814. The minimum atomic E-state index is 0.814. The van der Waals surface area contributed by atoms with Crippen LogP contribution in [0.1, 0.15) is 26.2 Å². The molecule has 3 fully saturated rings. The van der Waals surface area contributed by atoms with Gasteiger partial charge in [-0.15, -0.1) is 0 Å². The van der Waals surface area contributed by atoms with Crippen LogP contribution in [0.2, 0.25) is 0 Å². The van der Waals surface area contributed by atoms with Gasteiger partial charge in [0.05, 0.1) is 0 Å². The summed E-state index contributed by atoms with van der Waals surface area (Å²) in [5, 5.41) is 0. The average Bonchev–Trinajstić information content (AvgIpc) is 2.63. The molecule has 1 heteroatoms. The quantitative estimate of drug-likeness (QED) is 0.483. The van der Waals surface area contributed by atoms with Crippen LogP contribution in [0.25, 0.3) is 0 Å². The Bertz CT molecular complexity index is 169. The Balaban J connectivity index is 1.83. The summed E-state index contributed by atoms with van der Waals surface area (Å²) in [6, 6.07) is 0. The molecule has 0 N–H and O–H groups in total. The summed E-state index contributed by atoms with van der Waals surface area (Å²) in [4.78, 5) is 0. The van der Waals surface area contributed by atoms with E-state index in [0.29, 0.717) is 0 Å². The molecule has 0 saturated heterocycles. The molecule has 2 atom stereocenters. The van der Waals surface area contributed by atoms with E-state index in [9.17, 15) is 0 Å². The highest BCUT2D eigenvalue weighted by Crippen LogP contribution is 2.96. The van der Waals surface area contributed by atoms with Crippen LogP contribution in [-0.2, 0) is 0 Å². The molecule has 0 aromatic rings. The van der Waals surface area contributed by atoms with Crippen molar-refractivity contribution in [2.24, 2.45) is 17.3 Å². The Kier molecular flexibility index (Phi) is 0.662. The predicted octanol–water partition coefficient (Wildman–Crippen LogP) is 2.61. The summed E-state index contributed by atoms with van der Waals surface area (Å²) in [6.07, 6.45) is 4.57. The molecule has 0 nitrogen and oxygen atoms in total. The van der Waals surface area contributed by atoms with E-state index < -0.39 is 0 Å². The lowest BCUT2D eigenvalue weighted by Crippen LogP contribution is -2.15. The molecular weight excluding hydrogens is 223 g/mol. The van der Waals surface area contributed by atoms with Gasteiger partial charge >= 0.3 is 0 Å². The van der Waals surface area contributed by atoms with Crippen LogP contribution in [-0.4, -0.2) is 3.42 Å². The van der Waals surface area contributed by atoms with Crippen molar-refractivity contribution in [1.29, 1.82) is 0 Å². The Labute approximate surface area is 69.5 Å². The molecule has 0 radical (unpaired) electrons. The van der Waals surface area contributed by atoms with Crippen molar-refractivity contribution < 1.29 is 0 Å². The number of hydrogen-bond acceptors (Lipinski definition) is 0. The van der Waals surface area contributed by atoms with Crippen molar-refractivity contribution >= 4 is 22.6 Å². The van der Waals surface area contributed by atoms with E-state index in [0.717, 1.165) is 8.84 Å². The highest BCUT2D eigenvalue weighted by atomic mass is 127. The summed E-state index contributed by atoms with van der Waals surface area (Å²) < 4.78 is 0.814. The molecule has 3 saturated carbocycles. The molecule has 0 bridgehead atoms.